The van der Waals surface area contributed by atoms with Gasteiger partial charge in [0.15, 0.2) is 0 Å². The lowest BCUT2D eigenvalue weighted by molar-refractivity contribution is -0.133. The Bertz CT molecular complexity index is 1110. The molecule has 1 N–H and O–H groups in total. The van der Waals surface area contributed by atoms with Crippen molar-refractivity contribution < 1.29 is 14.3 Å². The summed E-state index contributed by atoms with van der Waals surface area (Å²) in [6, 6.07) is 23.7. The maximum absolute atomic E-state index is 13.5. The molecule has 1 heterocycles. The lowest BCUT2D eigenvalue weighted by Crippen LogP contribution is -2.55. The molecule has 7 heteroatoms. The summed E-state index contributed by atoms with van der Waals surface area (Å²) in [7, 11) is 1.65. The number of amides is 2. The van der Waals surface area contributed by atoms with E-state index in [1.165, 1.54) is 0 Å². The van der Waals surface area contributed by atoms with Gasteiger partial charge >= 0.3 is 0 Å². The third-order valence-corrected chi connectivity index (χ3v) is 6.25. The summed E-state index contributed by atoms with van der Waals surface area (Å²) in [5.41, 5.74) is 2.54. The van der Waals surface area contributed by atoms with Crippen LogP contribution in [-0.4, -0.2) is 56.0 Å². The van der Waals surface area contributed by atoms with Crippen LogP contribution in [0.3, 0.4) is 0 Å². The van der Waals surface area contributed by atoms with Gasteiger partial charge in [0.2, 0.25) is 5.91 Å². The van der Waals surface area contributed by atoms with Gasteiger partial charge in [-0.1, -0.05) is 48.0 Å². The molecule has 0 unspecified atom stereocenters. The molecule has 1 fully saturated rings. The normalized spacial score (nSPS) is 14.4. The molecule has 1 aliphatic heterocycles. The average Bonchev–Trinajstić information content (AvgIpc) is 2.89. The fourth-order valence-electron chi connectivity index (χ4n) is 4.11. The van der Waals surface area contributed by atoms with Gasteiger partial charge in [-0.3, -0.25) is 9.59 Å². The predicted octanol–water partition coefficient (Wildman–Crippen LogP) is 4.04. The molecule has 0 aliphatic carbocycles. The van der Waals surface area contributed by atoms with Gasteiger partial charge in [-0.05, 0) is 42.0 Å². The summed E-state index contributed by atoms with van der Waals surface area (Å²) < 4.78 is 5.33. The second-order valence-electron chi connectivity index (χ2n) is 8.24. The highest BCUT2D eigenvalue weighted by molar-refractivity contribution is 6.30. The third-order valence-electron chi connectivity index (χ3n) is 6.00. The van der Waals surface area contributed by atoms with Crippen LogP contribution in [0.15, 0.2) is 78.9 Å². The number of hydrogen-bond donors (Lipinski definition) is 1. The summed E-state index contributed by atoms with van der Waals surface area (Å²) in [6.45, 7) is 2.58. The smallest absolute Gasteiger partial charge is 0.251 e. The van der Waals surface area contributed by atoms with Crippen molar-refractivity contribution in [3.63, 3.8) is 0 Å². The molecule has 3 aromatic rings. The monoisotopic (exact) mass is 477 g/mol. The molecule has 1 aliphatic rings. The van der Waals surface area contributed by atoms with Crippen LogP contribution in [0, 0.1) is 0 Å². The first-order chi connectivity index (χ1) is 16.5. The van der Waals surface area contributed by atoms with E-state index < -0.39 is 6.04 Å². The lowest BCUT2D eigenvalue weighted by atomic mass is 10.0. The second kappa shape index (κ2) is 11.1. The minimum Gasteiger partial charge on any atom is -0.497 e. The number of hydrogen-bond acceptors (Lipinski definition) is 4. The van der Waals surface area contributed by atoms with Crippen LogP contribution in [-0.2, 0) is 11.2 Å². The van der Waals surface area contributed by atoms with Gasteiger partial charge in [-0.15, -0.1) is 0 Å². The van der Waals surface area contributed by atoms with Gasteiger partial charge in [0, 0.05) is 54.9 Å². The Labute approximate surface area is 205 Å². The van der Waals surface area contributed by atoms with Gasteiger partial charge in [0.05, 0.1) is 7.11 Å². The number of halogens is 1. The molecule has 34 heavy (non-hydrogen) atoms. The first-order valence-corrected chi connectivity index (χ1v) is 11.7. The van der Waals surface area contributed by atoms with Crippen molar-refractivity contribution in [3.05, 3.63) is 95.0 Å². The van der Waals surface area contributed by atoms with Crippen LogP contribution in [0.1, 0.15) is 15.9 Å². The van der Waals surface area contributed by atoms with Gasteiger partial charge in [-0.25, -0.2) is 0 Å². The Morgan fingerprint density at radius 3 is 2.32 bits per heavy atom. The van der Waals surface area contributed by atoms with Crippen LogP contribution in [0.5, 0.6) is 5.75 Å². The Morgan fingerprint density at radius 2 is 1.65 bits per heavy atom. The third kappa shape index (κ3) is 5.88. The fourth-order valence-corrected chi connectivity index (χ4v) is 4.23. The van der Waals surface area contributed by atoms with Crippen molar-refractivity contribution in [1.29, 1.82) is 0 Å². The Kier molecular flexibility index (Phi) is 7.70. The standard InChI is InChI=1S/C27H28ClN3O3/c1-34-24-9-5-8-23(19-24)30-14-16-31(17-15-30)27(33)25(18-20-6-3-2-4-7-20)29-26(32)21-10-12-22(28)13-11-21/h2-13,19,25H,14-18H2,1H3,(H,29,32)/t25-/m0/s1. The van der Waals surface area contributed by atoms with Gasteiger partial charge in [0.1, 0.15) is 11.8 Å². The lowest BCUT2D eigenvalue weighted by Gasteiger charge is -2.37. The average molecular weight is 478 g/mol. The Hall–Kier alpha value is -3.51. The molecule has 6 nitrogen and oxygen atoms in total. The molecule has 0 spiro atoms. The first-order valence-electron chi connectivity index (χ1n) is 11.3. The summed E-state index contributed by atoms with van der Waals surface area (Å²) in [5.74, 6) is 0.446. The summed E-state index contributed by atoms with van der Waals surface area (Å²) in [4.78, 5) is 30.5. The van der Waals surface area contributed by atoms with Crippen molar-refractivity contribution in [2.24, 2.45) is 0 Å². The molecular weight excluding hydrogens is 450 g/mol. The molecular formula is C27H28ClN3O3. The van der Waals surface area contributed by atoms with Crippen molar-refractivity contribution in [1.82, 2.24) is 10.2 Å². The Morgan fingerprint density at radius 1 is 0.941 bits per heavy atom. The van der Waals surface area contributed by atoms with Crippen molar-refractivity contribution in [3.8, 4) is 5.75 Å². The van der Waals surface area contributed by atoms with Gasteiger partial charge in [0.25, 0.3) is 5.91 Å². The van der Waals surface area contributed by atoms with E-state index in [1.54, 1.807) is 31.4 Å². The fraction of sp³-hybridized carbons (Fsp3) is 0.259. The number of rotatable bonds is 7. The van der Waals surface area contributed by atoms with Crippen molar-refractivity contribution in [2.45, 2.75) is 12.5 Å². The zero-order chi connectivity index (χ0) is 23.9. The van der Waals surface area contributed by atoms with E-state index in [-0.39, 0.29) is 11.8 Å². The molecule has 176 valence electrons. The van der Waals surface area contributed by atoms with Crippen LogP contribution in [0.2, 0.25) is 5.02 Å². The number of nitrogens with zero attached hydrogens (tertiary/aromatic N) is 2. The topological polar surface area (TPSA) is 61.9 Å². The van der Waals surface area contributed by atoms with Crippen LogP contribution < -0.4 is 15.0 Å². The van der Waals surface area contributed by atoms with E-state index in [9.17, 15) is 9.59 Å². The molecule has 0 radical (unpaired) electrons. The summed E-state index contributed by atoms with van der Waals surface area (Å²) in [5, 5.41) is 3.51. The molecule has 1 atom stereocenters. The van der Waals surface area contributed by atoms with Gasteiger partial charge in [-0.2, -0.15) is 0 Å². The van der Waals surface area contributed by atoms with E-state index in [1.807, 2.05) is 59.5 Å². The first kappa shape index (κ1) is 23.6. The van der Waals surface area contributed by atoms with E-state index in [0.29, 0.717) is 43.2 Å². The number of piperazine rings is 1. The number of anilines is 1. The number of ether oxygens (including phenoxy) is 1. The molecule has 1 saturated heterocycles. The molecule has 0 saturated carbocycles. The highest BCUT2D eigenvalue weighted by Crippen LogP contribution is 2.22. The highest BCUT2D eigenvalue weighted by atomic mass is 35.5. The minimum absolute atomic E-state index is 0.0727. The zero-order valence-electron chi connectivity index (χ0n) is 19.1. The summed E-state index contributed by atoms with van der Waals surface area (Å²) in [6.07, 6.45) is 0.426. The minimum atomic E-state index is -0.658. The Balaban J connectivity index is 1.45. The number of carbonyl (C=O) groups is 2. The number of nitrogens with one attached hydrogen (secondary N) is 1. The zero-order valence-corrected chi connectivity index (χ0v) is 19.9. The molecule has 0 bridgehead atoms. The number of carbonyl (C=O) groups excluding carboxylic acids is 2. The largest absolute Gasteiger partial charge is 0.497 e. The van der Waals surface area contributed by atoms with Crippen molar-refractivity contribution >= 4 is 29.1 Å². The van der Waals surface area contributed by atoms with Crippen LogP contribution in [0.25, 0.3) is 0 Å². The van der Waals surface area contributed by atoms with Crippen LogP contribution >= 0.6 is 11.6 Å². The molecule has 4 rings (SSSR count). The number of methoxy groups -OCH3 is 1. The summed E-state index contributed by atoms with van der Waals surface area (Å²) >= 11 is 5.95. The van der Waals surface area contributed by atoms with E-state index in [0.717, 1.165) is 17.0 Å². The van der Waals surface area contributed by atoms with E-state index in [4.69, 9.17) is 16.3 Å². The molecule has 0 aromatic heterocycles. The molecule has 2 amide bonds. The maximum Gasteiger partial charge on any atom is 0.251 e. The van der Waals surface area contributed by atoms with E-state index in [2.05, 4.69) is 10.2 Å². The predicted molar refractivity (Wildman–Crippen MR) is 135 cm³/mol. The quantitative estimate of drug-likeness (QED) is 0.558. The van der Waals surface area contributed by atoms with Gasteiger partial charge < -0.3 is 19.9 Å². The number of benzene rings is 3. The van der Waals surface area contributed by atoms with E-state index >= 15 is 0 Å². The second-order valence-corrected chi connectivity index (χ2v) is 8.67. The maximum atomic E-state index is 13.5. The molecule has 3 aromatic carbocycles. The van der Waals surface area contributed by atoms with Crippen LogP contribution in [0.4, 0.5) is 5.69 Å². The van der Waals surface area contributed by atoms with Crippen molar-refractivity contribution in [2.75, 3.05) is 38.2 Å². The highest BCUT2D eigenvalue weighted by Gasteiger charge is 2.29. The SMILES string of the molecule is COc1cccc(N2CCN(C(=O)[C@H](Cc3ccccc3)NC(=O)c3ccc(Cl)cc3)CC2)c1.